The van der Waals surface area contributed by atoms with Gasteiger partial charge < -0.3 is 11.1 Å². The highest BCUT2D eigenvalue weighted by Gasteiger charge is 2.16. The van der Waals surface area contributed by atoms with Crippen molar-refractivity contribution in [1.82, 2.24) is 5.32 Å². The number of anilines is 1. The predicted octanol–water partition coefficient (Wildman–Crippen LogP) is 3.60. The Hall–Kier alpha value is -1.02. The van der Waals surface area contributed by atoms with Crippen LogP contribution in [0.4, 0.5) is 5.69 Å². The Labute approximate surface area is 112 Å². The third kappa shape index (κ3) is 4.34. The largest absolute Gasteiger partial charge is 0.399 e. The average Bonchev–Trinajstić information content (AvgIpc) is 2.28. The zero-order valence-corrected chi connectivity index (χ0v) is 12.5. The summed E-state index contributed by atoms with van der Waals surface area (Å²) in [5.41, 5.74) is 9.18. The van der Waals surface area contributed by atoms with Crippen LogP contribution in [0.5, 0.6) is 0 Å². The quantitative estimate of drug-likeness (QED) is 0.755. The van der Waals surface area contributed by atoms with Gasteiger partial charge in [-0.15, -0.1) is 0 Å². The number of rotatable bonds is 6. The first kappa shape index (κ1) is 15.0. The second kappa shape index (κ2) is 6.79. The molecule has 3 N–H and O–H groups in total. The van der Waals surface area contributed by atoms with E-state index in [4.69, 9.17) is 5.73 Å². The number of hydrogen-bond donors (Lipinski definition) is 2. The van der Waals surface area contributed by atoms with Crippen molar-refractivity contribution in [2.75, 3.05) is 12.3 Å². The van der Waals surface area contributed by atoms with E-state index in [1.165, 1.54) is 11.1 Å². The molecule has 0 amide bonds. The number of benzene rings is 1. The second-order valence-electron chi connectivity index (χ2n) is 5.97. The van der Waals surface area contributed by atoms with Crippen LogP contribution >= 0.6 is 0 Å². The van der Waals surface area contributed by atoms with E-state index in [0.29, 0.717) is 0 Å². The lowest BCUT2D eigenvalue weighted by Gasteiger charge is -2.25. The maximum atomic E-state index is 5.82. The third-order valence-corrected chi connectivity index (χ3v) is 3.76. The van der Waals surface area contributed by atoms with Gasteiger partial charge in [0.25, 0.3) is 0 Å². The standard InChI is InChI=1S/C16H28N2/c1-11(2)15(12(3)4)10-18-9-14-6-7-16(17)13(5)8-14/h6-8,11-12,15,18H,9-10,17H2,1-5H3. The first-order valence-electron chi connectivity index (χ1n) is 6.97. The minimum Gasteiger partial charge on any atom is -0.399 e. The van der Waals surface area contributed by atoms with Gasteiger partial charge >= 0.3 is 0 Å². The monoisotopic (exact) mass is 248 g/mol. The van der Waals surface area contributed by atoms with E-state index in [0.717, 1.165) is 36.5 Å². The van der Waals surface area contributed by atoms with Crippen LogP contribution in [0.1, 0.15) is 38.8 Å². The van der Waals surface area contributed by atoms with E-state index >= 15 is 0 Å². The fourth-order valence-electron chi connectivity index (χ4n) is 2.47. The molecule has 0 fully saturated rings. The Kier molecular flexibility index (Phi) is 5.67. The molecule has 0 saturated heterocycles. The summed E-state index contributed by atoms with van der Waals surface area (Å²) in [6.07, 6.45) is 0. The molecular formula is C16H28N2. The minimum atomic E-state index is 0.727. The van der Waals surface area contributed by atoms with Crippen LogP contribution in [0.15, 0.2) is 18.2 Å². The van der Waals surface area contributed by atoms with Crippen LogP contribution in [0.3, 0.4) is 0 Å². The lowest BCUT2D eigenvalue weighted by molar-refractivity contribution is 0.275. The SMILES string of the molecule is Cc1cc(CNCC(C(C)C)C(C)C)ccc1N. The lowest BCUT2D eigenvalue weighted by atomic mass is 9.85. The Morgan fingerprint density at radius 2 is 1.72 bits per heavy atom. The lowest BCUT2D eigenvalue weighted by Crippen LogP contribution is -2.29. The molecule has 2 nitrogen and oxygen atoms in total. The van der Waals surface area contributed by atoms with Crippen LogP contribution in [0.2, 0.25) is 0 Å². The summed E-state index contributed by atoms with van der Waals surface area (Å²) in [5.74, 6) is 2.19. The third-order valence-electron chi connectivity index (χ3n) is 3.76. The van der Waals surface area contributed by atoms with Crippen molar-refractivity contribution in [3.05, 3.63) is 29.3 Å². The zero-order valence-electron chi connectivity index (χ0n) is 12.5. The topological polar surface area (TPSA) is 38.0 Å². The highest BCUT2D eigenvalue weighted by molar-refractivity contribution is 5.47. The predicted molar refractivity (Wildman–Crippen MR) is 80.5 cm³/mol. The molecular weight excluding hydrogens is 220 g/mol. The van der Waals surface area contributed by atoms with E-state index in [1.54, 1.807) is 0 Å². The average molecular weight is 248 g/mol. The molecule has 102 valence electrons. The van der Waals surface area contributed by atoms with Crippen molar-refractivity contribution in [3.8, 4) is 0 Å². The summed E-state index contributed by atoms with van der Waals surface area (Å²) in [7, 11) is 0. The highest BCUT2D eigenvalue weighted by Crippen LogP contribution is 2.19. The molecule has 0 saturated carbocycles. The molecule has 0 unspecified atom stereocenters. The smallest absolute Gasteiger partial charge is 0.0343 e. The highest BCUT2D eigenvalue weighted by atomic mass is 14.9. The van der Waals surface area contributed by atoms with Crippen molar-refractivity contribution in [1.29, 1.82) is 0 Å². The molecule has 2 heteroatoms. The fourth-order valence-corrected chi connectivity index (χ4v) is 2.47. The van der Waals surface area contributed by atoms with Crippen molar-refractivity contribution in [2.24, 2.45) is 17.8 Å². The fraction of sp³-hybridized carbons (Fsp3) is 0.625. The number of hydrogen-bond acceptors (Lipinski definition) is 2. The Balaban J connectivity index is 2.47. The molecule has 1 rings (SSSR count). The normalized spacial score (nSPS) is 11.8. The Morgan fingerprint density at radius 3 is 2.22 bits per heavy atom. The summed E-state index contributed by atoms with van der Waals surface area (Å²) in [6.45, 7) is 13.3. The molecule has 0 spiro atoms. The van der Waals surface area contributed by atoms with Gasteiger partial charge in [-0.1, -0.05) is 39.8 Å². The number of nitrogens with two attached hydrogens (primary N) is 1. The van der Waals surface area contributed by atoms with Crippen LogP contribution in [0, 0.1) is 24.7 Å². The molecule has 0 bridgehead atoms. The number of nitrogen functional groups attached to an aromatic ring is 1. The maximum absolute atomic E-state index is 5.82. The van der Waals surface area contributed by atoms with Gasteiger partial charge in [-0.25, -0.2) is 0 Å². The first-order valence-corrected chi connectivity index (χ1v) is 6.97. The van der Waals surface area contributed by atoms with Crippen LogP contribution in [-0.4, -0.2) is 6.54 Å². The Morgan fingerprint density at radius 1 is 1.11 bits per heavy atom. The maximum Gasteiger partial charge on any atom is 0.0343 e. The van der Waals surface area contributed by atoms with E-state index in [9.17, 15) is 0 Å². The van der Waals surface area contributed by atoms with Gasteiger partial charge in [-0.3, -0.25) is 0 Å². The molecule has 18 heavy (non-hydrogen) atoms. The van der Waals surface area contributed by atoms with Gasteiger partial charge in [-0.2, -0.15) is 0 Å². The van der Waals surface area contributed by atoms with E-state index < -0.39 is 0 Å². The Bertz CT molecular complexity index is 361. The van der Waals surface area contributed by atoms with Crippen molar-refractivity contribution >= 4 is 5.69 Å². The molecule has 1 aromatic carbocycles. The van der Waals surface area contributed by atoms with Crippen molar-refractivity contribution < 1.29 is 0 Å². The van der Waals surface area contributed by atoms with E-state index in [1.807, 2.05) is 6.07 Å². The van der Waals surface area contributed by atoms with Gasteiger partial charge in [0, 0.05) is 12.2 Å². The second-order valence-corrected chi connectivity index (χ2v) is 5.97. The minimum absolute atomic E-state index is 0.727. The van der Waals surface area contributed by atoms with Crippen molar-refractivity contribution in [3.63, 3.8) is 0 Å². The van der Waals surface area contributed by atoms with E-state index in [-0.39, 0.29) is 0 Å². The molecule has 0 atom stereocenters. The summed E-state index contributed by atoms with van der Waals surface area (Å²) in [4.78, 5) is 0. The molecule has 0 heterocycles. The van der Waals surface area contributed by atoms with Gasteiger partial charge in [0.1, 0.15) is 0 Å². The number of aryl methyl sites for hydroxylation is 1. The molecule has 0 aromatic heterocycles. The molecule has 0 aliphatic rings. The first-order chi connectivity index (χ1) is 8.41. The number of nitrogens with one attached hydrogen (secondary N) is 1. The van der Waals surface area contributed by atoms with Crippen LogP contribution in [-0.2, 0) is 6.54 Å². The van der Waals surface area contributed by atoms with Gasteiger partial charge in [-0.05, 0) is 48.4 Å². The van der Waals surface area contributed by atoms with Crippen LogP contribution in [0.25, 0.3) is 0 Å². The summed E-state index contributed by atoms with van der Waals surface area (Å²) in [6, 6.07) is 6.27. The molecule has 0 radical (unpaired) electrons. The summed E-state index contributed by atoms with van der Waals surface area (Å²) < 4.78 is 0. The molecule has 1 aromatic rings. The summed E-state index contributed by atoms with van der Waals surface area (Å²) >= 11 is 0. The van der Waals surface area contributed by atoms with Gasteiger partial charge in [0.05, 0.1) is 0 Å². The zero-order chi connectivity index (χ0) is 13.7. The summed E-state index contributed by atoms with van der Waals surface area (Å²) in [5, 5.41) is 3.57. The van der Waals surface area contributed by atoms with Gasteiger partial charge in [0.15, 0.2) is 0 Å². The van der Waals surface area contributed by atoms with Gasteiger partial charge in [0.2, 0.25) is 0 Å². The van der Waals surface area contributed by atoms with Crippen LogP contribution < -0.4 is 11.1 Å². The molecule has 0 aliphatic heterocycles. The van der Waals surface area contributed by atoms with Crippen molar-refractivity contribution in [2.45, 2.75) is 41.2 Å². The van der Waals surface area contributed by atoms with E-state index in [2.05, 4.69) is 52.1 Å². The molecule has 0 aliphatic carbocycles.